The average Bonchev–Trinajstić information content (AvgIpc) is 3.28. The Kier molecular flexibility index (Phi) is 7.37. The third-order valence-corrected chi connectivity index (χ3v) is 6.30. The van der Waals surface area contributed by atoms with Crippen LogP contribution in [0.2, 0.25) is 0 Å². The summed E-state index contributed by atoms with van der Waals surface area (Å²) in [6.07, 6.45) is 10.1. The van der Waals surface area contributed by atoms with E-state index in [1.807, 2.05) is 24.3 Å². The van der Waals surface area contributed by atoms with Crippen molar-refractivity contribution in [3.05, 3.63) is 71.3 Å². The van der Waals surface area contributed by atoms with Gasteiger partial charge in [-0.25, -0.2) is 4.39 Å². The van der Waals surface area contributed by atoms with Gasteiger partial charge < -0.3 is 10.1 Å². The van der Waals surface area contributed by atoms with E-state index in [4.69, 9.17) is 4.74 Å². The number of hydrogen-bond donors (Lipinski definition) is 1. The predicted octanol–water partition coefficient (Wildman–Crippen LogP) is 4.42. The Hall–Kier alpha value is -3.22. The molecule has 1 aliphatic heterocycles. The lowest BCUT2D eigenvalue weighted by Gasteiger charge is -2.22. The Morgan fingerprint density at radius 3 is 3.00 bits per heavy atom. The summed E-state index contributed by atoms with van der Waals surface area (Å²) in [6.45, 7) is 2.83. The van der Waals surface area contributed by atoms with Crippen LogP contribution in [0.15, 0.2) is 60.2 Å². The first kappa shape index (κ1) is 23.0. The summed E-state index contributed by atoms with van der Waals surface area (Å²) >= 11 is 0. The fourth-order valence-electron chi connectivity index (χ4n) is 4.24. The number of ether oxygens (including phenoxy) is 1. The molecule has 2 aliphatic rings. The summed E-state index contributed by atoms with van der Waals surface area (Å²) in [6, 6.07) is 7.91. The van der Waals surface area contributed by atoms with E-state index in [0.717, 1.165) is 30.6 Å². The summed E-state index contributed by atoms with van der Waals surface area (Å²) in [5.74, 6) is 0.211. The second kappa shape index (κ2) is 10.6. The van der Waals surface area contributed by atoms with Crippen molar-refractivity contribution in [1.82, 2.24) is 15.1 Å². The molecule has 1 amide bonds. The largest absolute Gasteiger partial charge is 0.492 e. The van der Waals surface area contributed by atoms with Gasteiger partial charge >= 0.3 is 0 Å². The number of allylic oxidation sites excluding steroid dienone is 4. The number of carbonyl (C=O) groups excluding carboxylic acids is 2. The van der Waals surface area contributed by atoms with Gasteiger partial charge in [-0.05, 0) is 54.9 Å². The number of nitrogens with one attached hydrogen (secondary N) is 1. The maximum absolute atomic E-state index is 13.9. The summed E-state index contributed by atoms with van der Waals surface area (Å²) in [4.78, 5) is 25.6. The quantitative estimate of drug-likeness (QED) is 0.730. The van der Waals surface area contributed by atoms with Crippen LogP contribution in [0.4, 0.5) is 4.39 Å². The van der Waals surface area contributed by atoms with Gasteiger partial charge in [0.2, 0.25) is 0 Å². The van der Waals surface area contributed by atoms with Crippen molar-refractivity contribution in [1.29, 1.82) is 0 Å². The Labute approximate surface area is 193 Å². The van der Waals surface area contributed by atoms with Crippen LogP contribution in [0, 0.1) is 11.8 Å². The minimum Gasteiger partial charge on any atom is -0.492 e. The standard InChI is InChI=1S/C26H30FN3O3/c1-18-10-11-19-6-3-5-9-25(19)33-17-22(24(31)12-18)13-28-26(32)21-14-29-30(16-21)15-20-7-2-4-8-23(20)27/h3-6,8-9,14,16,18,22H,2,7,10-13,15,17H2,1H3,(H,28,32). The minimum atomic E-state index is -0.425. The van der Waals surface area contributed by atoms with E-state index < -0.39 is 5.92 Å². The number of benzene rings is 1. The number of amides is 1. The molecule has 4 rings (SSSR count). The molecule has 0 radical (unpaired) electrons. The lowest BCUT2D eigenvalue weighted by molar-refractivity contribution is -0.124. The Morgan fingerprint density at radius 1 is 1.30 bits per heavy atom. The first-order chi connectivity index (χ1) is 16.0. The molecule has 0 spiro atoms. The Morgan fingerprint density at radius 2 is 2.15 bits per heavy atom. The van der Waals surface area contributed by atoms with Crippen LogP contribution in [0.5, 0.6) is 5.75 Å². The first-order valence-corrected chi connectivity index (χ1v) is 11.6. The molecule has 1 aromatic heterocycles. The van der Waals surface area contributed by atoms with Gasteiger partial charge in [0.1, 0.15) is 17.4 Å². The molecular formula is C26H30FN3O3. The van der Waals surface area contributed by atoms with E-state index in [1.54, 1.807) is 10.9 Å². The summed E-state index contributed by atoms with van der Waals surface area (Å²) < 4.78 is 21.5. The van der Waals surface area contributed by atoms with E-state index in [2.05, 4.69) is 23.4 Å². The third kappa shape index (κ3) is 5.97. The van der Waals surface area contributed by atoms with Gasteiger partial charge in [0.25, 0.3) is 5.91 Å². The van der Waals surface area contributed by atoms with E-state index in [9.17, 15) is 14.0 Å². The molecule has 2 aromatic rings. The minimum absolute atomic E-state index is 0.102. The number of aryl methyl sites for hydroxylation is 1. The van der Waals surface area contributed by atoms with Crippen LogP contribution in [0.25, 0.3) is 0 Å². The highest BCUT2D eigenvalue weighted by Gasteiger charge is 2.24. The van der Waals surface area contributed by atoms with Gasteiger partial charge in [-0.3, -0.25) is 14.3 Å². The molecule has 1 aliphatic carbocycles. The fraction of sp³-hybridized carbons (Fsp3) is 0.423. The first-order valence-electron chi connectivity index (χ1n) is 11.6. The number of nitrogens with zero attached hydrogens (tertiary/aromatic N) is 2. The Bertz CT molecular complexity index is 1070. The number of fused-ring (bicyclic) bond motifs is 1. The van der Waals surface area contributed by atoms with E-state index in [0.29, 0.717) is 30.5 Å². The molecule has 0 saturated heterocycles. The molecule has 2 atom stereocenters. The smallest absolute Gasteiger partial charge is 0.254 e. The molecule has 1 N–H and O–H groups in total. The summed E-state index contributed by atoms with van der Waals surface area (Å²) in [5, 5.41) is 7.06. The normalized spacial score (nSPS) is 21.3. The molecular weight excluding hydrogens is 421 g/mol. The van der Waals surface area contributed by atoms with Crippen molar-refractivity contribution in [3.63, 3.8) is 0 Å². The average molecular weight is 452 g/mol. The van der Waals surface area contributed by atoms with Crippen molar-refractivity contribution in [3.8, 4) is 5.75 Å². The van der Waals surface area contributed by atoms with Gasteiger partial charge in [0.05, 0.1) is 30.8 Å². The van der Waals surface area contributed by atoms with Crippen molar-refractivity contribution < 1.29 is 18.7 Å². The van der Waals surface area contributed by atoms with Gasteiger partial charge in [-0.1, -0.05) is 31.2 Å². The molecule has 1 aromatic carbocycles. The van der Waals surface area contributed by atoms with Crippen LogP contribution in [-0.2, 0) is 17.8 Å². The molecule has 0 fully saturated rings. The van der Waals surface area contributed by atoms with Crippen molar-refractivity contribution >= 4 is 11.7 Å². The predicted molar refractivity (Wildman–Crippen MR) is 124 cm³/mol. The van der Waals surface area contributed by atoms with Crippen LogP contribution >= 0.6 is 0 Å². The van der Waals surface area contributed by atoms with Gasteiger partial charge in [-0.2, -0.15) is 5.10 Å². The molecule has 7 heteroatoms. The van der Waals surface area contributed by atoms with Crippen molar-refractivity contribution in [2.24, 2.45) is 11.8 Å². The van der Waals surface area contributed by atoms with Crippen LogP contribution in [0.3, 0.4) is 0 Å². The van der Waals surface area contributed by atoms with E-state index >= 15 is 0 Å². The third-order valence-electron chi connectivity index (χ3n) is 6.30. The second-order valence-corrected chi connectivity index (χ2v) is 8.96. The monoisotopic (exact) mass is 451 g/mol. The van der Waals surface area contributed by atoms with E-state index in [-0.39, 0.29) is 36.6 Å². The second-order valence-electron chi connectivity index (χ2n) is 8.96. The number of carbonyl (C=O) groups is 2. The number of hydrogen-bond acceptors (Lipinski definition) is 4. The van der Waals surface area contributed by atoms with Crippen LogP contribution in [0.1, 0.15) is 48.5 Å². The van der Waals surface area contributed by atoms with Gasteiger partial charge in [0, 0.05) is 19.2 Å². The zero-order valence-electron chi connectivity index (χ0n) is 18.9. The highest BCUT2D eigenvalue weighted by atomic mass is 19.1. The molecule has 174 valence electrons. The number of rotatable bonds is 5. The summed E-state index contributed by atoms with van der Waals surface area (Å²) in [5.41, 5.74) is 2.20. The molecule has 0 bridgehead atoms. The highest BCUT2D eigenvalue weighted by molar-refractivity contribution is 5.94. The molecule has 33 heavy (non-hydrogen) atoms. The van der Waals surface area contributed by atoms with Crippen LogP contribution in [-0.4, -0.2) is 34.6 Å². The number of aromatic nitrogens is 2. The van der Waals surface area contributed by atoms with Gasteiger partial charge in [0.15, 0.2) is 0 Å². The molecule has 0 saturated carbocycles. The zero-order valence-corrected chi connectivity index (χ0v) is 18.9. The lowest BCUT2D eigenvalue weighted by Crippen LogP contribution is -2.37. The number of ketones is 1. The SMILES string of the molecule is CC1CCc2ccccc2OCC(CNC(=O)c2cnn(CC3=C(F)C=CCC3)c2)C(=O)C1. The maximum Gasteiger partial charge on any atom is 0.254 e. The zero-order chi connectivity index (χ0) is 23.2. The van der Waals surface area contributed by atoms with Crippen molar-refractivity contribution in [2.75, 3.05) is 13.2 Å². The van der Waals surface area contributed by atoms with E-state index in [1.165, 1.54) is 12.3 Å². The fourth-order valence-corrected chi connectivity index (χ4v) is 4.24. The number of halogens is 1. The van der Waals surface area contributed by atoms with Gasteiger partial charge in [-0.15, -0.1) is 0 Å². The van der Waals surface area contributed by atoms with Crippen molar-refractivity contribution in [2.45, 2.75) is 45.6 Å². The number of Topliss-reactive ketones (excluding diaryl/α,β-unsaturated/α-hetero) is 1. The molecule has 2 heterocycles. The topological polar surface area (TPSA) is 73.2 Å². The number of para-hydroxylation sites is 1. The van der Waals surface area contributed by atoms with Crippen LogP contribution < -0.4 is 10.1 Å². The summed E-state index contributed by atoms with van der Waals surface area (Å²) in [7, 11) is 0. The molecule has 2 unspecified atom stereocenters. The maximum atomic E-state index is 13.9. The lowest BCUT2D eigenvalue weighted by atomic mass is 9.90. The molecule has 6 nitrogen and oxygen atoms in total. The Balaban J connectivity index is 1.38. The highest BCUT2D eigenvalue weighted by Crippen LogP contribution is 2.25.